The van der Waals surface area contributed by atoms with Crippen LogP contribution in [0.25, 0.3) is 0 Å². The van der Waals surface area contributed by atoms with Gasteiger partial charge in [0.1, 0.15) is 11.6 Å². The third kappa shape index (κ3) is 5.02. The summed E-state index contributed by atoms with van der Waals surface area (Å²) >= 11 is 0. The highest BCUT2D eigenvalue weighted by atomic mass is 19.4. The molecule has 2 rings (SSSR count). The number of nitrogens with one attached hydrogen (secondary N) is 1. The van der Waals surface area contributed by atoms with E-state index >= 15 is 0 Å². The van der Waals surface area contributed by atoms with Crippen LogP contribution in [0.15, 0.2) is 42.5 Å². The zero-order valence-corrected chi connectivity index (χ0v) is 16.8. The highest BCUT2D eigenvalue weighted by Crippen LogP contribution is 2.43. The zero-order valence-electron chi connectivity index (χ0n) is 16.8. The van der Waals surface area contributed by atoms with Crippen LogP contribution in [0.4, 0.5) is 23.2 Å². The average Bonchev–Trinajstić information content (AvgIpc) is 2.65. The first kappa shape index (κ1) is 23.5. The van der Waals surface area contributed by atoms with Crippen molar-refractivity contribution in [3.8, 4) is 5.75 Å². The Bertz CT molecular complexity index is 915. The highest BCUT2D eigenvalue weighted by molar-refractivity contribution is 5.99. The van der Waals surface area contributed by atoms with Crippen LogP contribution in [0.3, 0.4) is 0 Å². The van der Waals surface area contributed by atoms with Crippen molar-refractivity contribution < 1.29 is 32.2 Å². The molecule has 0 aromatic heterocycles. The molecule has 0 saturated carbocycles. The number of hydrogen-bond acceptors (Lipinski definition) is 4. The summed E-state index contributed by atoms with van der Waals surface area (Å²) in [4.78, 5) is 12.3. The van der Waals surface area contributed by atoms with E-state index in [4.69, 9.17) is 10.5 Å². The number of ether oxygens (including phenoxy) is 1. The Hall–Kier alpha value is -2.81. The van der Waals surface area contributed by atoms with E-state index in [-0.39, 0.29) is 22.6 Å². The second-order valence-electron chi connectivity index (χ2n) is 7.70. The minimum Gasteiger partial charge on any atom is -0.496 e. The standard InChI is InChI=1S/C21H24F4N2O3/c1-19(2,15-10-13(22)8-9-17(15)30-3)11-20(29,21(23,24)25)12-27-18(28)14-6-4-5-7-16(14)26/h4-10,29H,11-12,26H2,1-3H3,(H,27,28). The molecule has 0 radical (unpaired) electrons. The van der Waals surface area contributed by atoms with Crippen molar-refractivity contribution in [2.45, 2.75) is 37.5 Å². The van der Waals surface area contributed by atoms with Crippen molar-refractivity contribution in [3.05, 3.63) is 59.4 Å². The number of carbonyl (C=O) groups excluding carboxylic acids is 1. The molecule has 2 aromatic carbocycles. The summed E-state index contributed by atoms with van der Waals surface area (Å²) in [6.45, 7) is 1.75. The van der Waals surface area contributed by atoms with Gasteiger partial charge in [0.2, 0.25) is 0 Å². The van der Waals surface area contributed by atoms with Crippen molar-refractivity contribution >= 4 is 11.6 Å². The van der Waals surface area contributed by atoms with Gasteiger partial charge in [-0.2, -0.15) is 13.2 Å². The average molecular weight is 428 g/mol. The van der Waals surface area contributed by atoms with Crippen LogP contribution in [-0.2, 0) is 5.41 Å². The molecule has 0 aliphatic carbocycles. The van der Waals surface area contributed by atoms with E-state index < -0.39 is 41.9 Å². The Kier molecular flexibility index (Phi) is 6.66. The van der Waals surface area contributed by atoms with E-state index in [2.05, 4.69) is 5.32 Å². The lowest BCUT2D eigenvalue weighted by atomic mass is 9.74. The first-order chi connectivity index (χ1) is 13.8. The van der Waals surface area contributed by atoms with Crippen molar-refractivity contribution in [1.82, 2.24) is 5.32 Å². The van der Waals surface area contributed by atoms with Gasteiger partial charge >= 0.3 is 6.18 Å². The van der Waals surface area contributed by atoms with Crippen LogP contribution in [0.1, 0.15) is 36.2 Å². The number of aliphatic hydroxyl groups is 1. The monoisotopic (exact) mass is 428 g/mol. The number of anilines is 1. The van der Waals surface area contributed by atoms with Crippen LogP contribution < -0.4 is 15.8 Å². The van der Waals surface area contributed by atoms with Gasteiger partial charge in [-0.3, -0.25) is 4.79 Å². The van der Waals surface area contributed by atoms with Crippen LogP contribution in [0.5, 0.6) is 5.75 Å². The third-order valence-corrected chi connectivity index (χ3v) is 4.90. The van der Waals surface area contributed by atoms with Gasteiger partial charge in [-0.25, -0.2) is 4.39 Å². The lowest BCUT2D eigenvalue weighted by Gasteiger charge is -2.38. The molecular weight excluding hydrogens is 404 g/mol. The number of hydrogen-bond donors (Lipinski definition) is 3. The fourth-order valence-electron chi connectivity index (χ4n) is 3.32. The Morgan fingerprint density at radius 3 is 2.37 bits per heavy atom. The summed E-state index contributed by atoms with van der Waals surface area (Å²) in [5, 5.41) is 12.6. The number of alkyl halides is 3. The molecule has 0 fully saturated rings. The predicted octanol–water partition coefficient (Wildman–Crippen LogP) is 3.81. The largest absolute Gasteiger partial charge is 0.496 e. The van der Waals surface area contributed by atoms with E-state index in [9.17, 15) is 27.5 Å². The molecule has 0 spiro atoms. The van der Waals surface area contributed by atoms with E-state index in [1.807, 2.05) is 0 Å². The molecule has 0 aliphatic heterocycles. The van der Waals surface area contributed by atoms with Crippen molar-refractivity contribution in [2.75, 3.05) is 19.4 Å². The quantitative estimate of drug-likeness (QED) is 0.463. The smallest absolute Gasteiger partial charge is 0.418 e. The summed E-state index contributed by atoms with van der Waals surface area (Å²) in [5.41, 5.74) is 1.28. The highest BCUT2D eigenvalue weighted by Gasteiger charge is 2.56. The number of benzene rings is 2. The molecular formula is C21H24F4N2O3. The van der Waals surface area contributed by atoms with Gasteiger partial charge in [0.15, 0.2) is 5.60 Å². The SMILES string of the molecule is COc1ccc(F)cc1C(C)(C)CC(O)(CNC(=O)c1ccccc1N)C(F)(F)F. The number of para-hydroxylation sites is 1. The normalized spacial score (nSPS) is 14.1. The maximum atomic E-state index is 13.8. The number of halogens is 4. The number of rotatable bonds is 7. The van der Waals surface area contributed by atoms with Crippen LogP contribution in [0.2, 0.25) is 0 Å². The number of nitrogens with two attached hydrogens (primary N) is 1. The summed E-state index contributed by atoms with van der Waals surface area (Å²) in [6, 6.07) is 9.38. The fourth-order valence-corrected chi connectivity index (χ4v) is 3.32. The second kappa shape index (κ2) is 8.51. The van der Waals surface area contributed by atoms with Crippen LogP contribution in [-0.4, -0.2) is 36.4 Å². The van der Waals surface area contributed by atoms with E-state index in [1.54, 1.807) is 6.07 Å². The minimum absolute atomic E-state index is 0.00640. The van der Waals surface area contributed by atoms with Crippen LogP contribution >= 0.6 is 0 Å². The Morgan fingerprint density at radius 2 is 1.80 bits per heavy atom. The first-order valence-corrected chi connectivity index (χ1v) is 9.06. The molecule has 2 aromatic rings. The number of methoxy groups -OCH3 is 1. The van der Waals surface area contributed by atoms with Crippen molar-refractivity contribution in [2.24, 2.45) is 0 Å². The van der Waals surface area contributed by atoms with E-state index in [1.165, 1.54) is 45.2 Å². The summed E-state index contributed by atoms with van der Waals surface area (Å²) in [5.74, 6) is -1.31. The van der Waals surface area contributed by atoms with E-state index in [0.29, 0.717) is 0 Å². The van der Waals surface area contributed by atoms with Gasteiger partial charge in [-0.1, -0.05) is 26.0 Å². The third-order valence-electron chi connectivity index (χ3n) is 4.90. The molecule has 164 valence electrons. The first-order valence-electron chi connectivity index (χ1n) is 9.06. The number of amides is 1. The molecule has 1 unspecified atom stereocenters. The molecule has 0 bridgehead atoms. The summed E-state index contributed by atoms with van der Waals surface area (Å²) < 4.78 is 60.3. The lowest BCUT2D eigenvalue weighted by Crippen LogP contribution is -2.56. The molecule has 0 saturated heterocycles. The molecule has 30 heavy (non-hydrogen) atoms. The molecule has 0 heterocycles. The topological polar surface area (TPSA) is 84.6 Å². The second-order valence-corrected chi connectivity index (χ2v) is 7.70. The predicted molar refractivity (Wildman–Crippen MR) is 105 cm³/mol. The molecule has 9 heteroatoms. The molecule has 1 amide bonds. The van der Waals surface area contributed by atoms with Gasteiger partial charge in [0.25, 0.3) is 5.91 Å². The summed E-state index contributed by atoms with van der Waals surface area (Å²) in [6.07, 6.45) is -5.92. The lowest BCUT2D eigenvalue weighted by molar-refractivity contribution is -0.263. The summed E-state index contributed by atoms with van der Waals surface area (Å²) in [7, 11) is 1.31. The van der Waals surface area contributed by atoms with Gasteiger partial charge in [-0.05, 0) is 42.2 Å². The van der Waals surface area contributed by atoms with Gasteiger partial charge < -0.3 is 20.9 Å². The van der Waals surface area contributed by atoms with Gasteiger partial charge in [0, 0.05) is 11.3 Å². The maximum absolute atomic E-state index is 13.8. The number of carbonyl (C=O) groups is 1. The van der Waals surface area contributed by atoms with Gasteiger partial charge in [0.05, 0.1) is 19.2 Å². The Morgan fingerprint density at radius 1 is 1.17 bits per heavy atom. The van der Waals surface area contributed by atoms with Crippen LogP contribution in [0, 0.1) is 5.82 Å². The van der Waals surface area contributed by atoms with Crippen molar-refractivity contribution in [1.29, 1.82) is 0 Å². The zero-order chi connectivity index (χ0) is 22.7. The molecule has 5 nitrogen and oxygen atoms in total. The Labute approximate surface area is 171 Å². The number of nitrogen functional groups attached to an aromatic ring is 1. The molecule has 1 atom stereocenters. The van der Waals surface area contributed by atoms with Crippen molar-refractivity contribution in [3.63, 3.8) is 0 Å². The fraction of sp³-hybridized carbons (Fsp3) is 0.381. The maximum Gasteiger partial charge on any atom is 0.418 e. The Balaban J connectivity index is 2.32. The molecule has 4 N–H and O–H groups in total. The van der Waals surface area contributed by atoms with Gasteiger partial charge in [-0.15, -0.1) is 0 Å². The van der Waals surface area contributed by atoms with E-state index in [0.717, 1.165) is 12.1 Å². The molecule has 0 aliphatic rings. The minimum atomic E-state index is -5.07.